The van der Waals surface area contributed by atoms with Crippen LogP contribution < -0.4 is 4.72 Å². The monoisotopic (exact) mass is 357 g/mol. The zero-order valence-corrected chi connectivity index (χ0v) is 13.6. The first kappa shape index (κ1) is 19.4. The van der Waals surface area contributed by atoms with Crippen molar-refractivity contribution in [2.45, 2.75) is 31.3 Å². The number of carbonyl (C=O) groups is 1. The number of carboxylic acid groups (broad SMARTS) is 1. The lowest BCUT2D eigenvalue weighted by molar-refractivity contribution is -0.144. The summed E-state index contributed by atoms with van der Waals surface area (Å²) in [7, 11) is -3.37. The van der Waals surface area contributed by atoms with Crippen LogP contribution in [0.2, 0.25) is 0 Å². The Hall–Kier alpha value is -1.62. The molecular formula is C12H18F3N3O4S. The van der Waals surface area contributed by atoms with Gasteiger partial charge in [0.2, 0.25) is 10.0 Å². The summed E-state index contributed by atoms with van der Waals surface area (Å²) in [5.74, 6) is -2.26. The van der Waals surface area contributed by atoms with Crippen LogP contribution in [0.25, 0.3) is 0 Å². The predicted octanol–water partition coefficient (Wildman–Crippen LogP) is 1.46. The average molecular weight is 357 g/mol. The lowest BCUT2D eigenvalue weighted by Crippen LogP contribution is -2.34. The summed E-state index contributed by atoms with van der Waals surface area (Å²) >= 11 is 0. The number of aryl methyl sites for hydroxylation is 1. The average Bonchev–Trinajstić information content (AvgIpc) is 2.76. The van der Waals surface area contributed by atoms with Crippen LogP contribution in [0.3, 0.4) is 0 Å². The van der Waals surface area contributed by atoms with Gasteiger partial charge < -0.3 is 5.11 Å². The minimum absolute atomic E-state index is 0.00951. The second-order valence-corrected chi connectivity index (χ2v) is 7.27. The molecule has 132 valence electrons. The van der Waals surface area contributed by atoms with E-state index in [0.29, 0.717) is 0 Å². The van der Waals surface area contributed by atoms with Gasteiger partial charge >= 0.3 is 12.1 Å². The molecule has 1 rings (SSSR count). The van der Waals surface area contributed by atoms with Crippen molar-refractivity contribution < 1.29 is 31.5 Å². The van der Waals surface area contributed by atoms with Crippen molar-refractivity contribution in [1.82, 2.24) is 14.5 Å². The number of nitrogens with one attached hydrogen (secondary N) is 1. The molecule has 0 aliphatic heterocycles. The molecule has 0 aliphatic rings. The van der Waals surface area contributed by atoms with Crippen molar-refractivity contribution in [2.75, 3.05) is 6.54 Å². The summed E-state index contributed by atoms with van der Waals surface area (Å²) in [4.78, 5) is 10.1. The predicted molar refractivity (Wildman–Crippen MR) is 74.0 cm³/mol. The maximum Gasteiger partial charge on any atom is 0.436 e. The number of aliphatic carboxylic acids is 1. The van der Waals surface area contributed by atoms with Crippen molar-refractivity contribution in [3.05, 3.63) is 11.9 Å². The van der Waals surface area contributed by atoms with Crippen molar-refractivity contribution in [3.8, 4) is 0 Å². The van der Waals surface area contributed by atoms with Gasteiger partial charge in [0.25, 0.3) is 0 Å². The Labute approximate surface area is 131 Å². The maximum atomic E-state index is 12.8. The first-order valence-corrected chi connectivity index (χ1v) is 8.16. The molecule has 0 saturated heterocycles. The molecule has 0 aromatic carbocycles. The van der Waals surface area contributed by atoms with Gasteiger partial charge in [-0.05, 0) is 12.3 Å². The van der Waals surface area contributed by atoms with Crippen LogP contribution in [0.15, 0.2) is 11.1 Å². The van der Waals surface area contributed by atoms with E-state index in [0.717, 1.165) is 17.9 Å². The number of hydrogen-bond donors (Lipinski definition) is 2. The summed E-state index contributed by atoms with van der Waals surface area (Å²) in [6.45, 7) is 3.02. The third kappa shape index (κ3) is 5.20. The van der Waals surface area contributed by atoms with Gasteiger partial charge in [0.1, 0.15) is 4.90 Å². The number of hydrogen-bond acceptors (Lipinski definition) is 4. The number of sulfonamides is 1. The molecule has 11 heteroatoms. The summed E-state index contributed by atoms with van der Waals surface area (Å²) < 4.78 is 65.3. The molecule has 0 saturated carbocycles. The van der Waals surface area contributed by atoms with Crippen molar-refractivity contribution in [3.63, 3.8) is 0 Å². The van der Waals surface area contributed by atoms with Crippen LogP contribution in [-0.2, 0) is 28.0 Å². The zero-order chi connectivity index (χ0) is 18.0. The third-order valence-corrected chi connectivity index (χ3v) is 4.40. The van der Waals surface area contributed by atoms with Gasteiger partial charge in [-0.15, -0.1) is 0 Å². The van der Waals surface area contributed by atoms with E-state index in [-0.39, 0.29) is 12.3 Å². The van der Waals surface area contributed by atoms with E-state index in [1.165, 1.54) is 0 Å². The molecule has 1 aromatic heterocycles. The van der Waals surface area contributed by atoms with E-state index in [4.69, 9.17) is 5.11 Å². The van der Waals surface area contributed by atoms with Gasteiger partial charge in [0.05, 0.1) is 5.92 Å². The van der Waals surface area contributed by atoms with E-state index >= 15 is 0 Å². The van der Waals surface area contributed by atoms with Gasteiger partial charge in [-0.25, -0.2) is 13.1 Å². The van der Waals surface area contributed by atoms with Crippen molar-refractivity contribution >= 4 is 16.0 Å². The third-order valence-electron chi connectivity index (χ3n) is 2.98. The van der Waals surface area contributed by atoms with E-state index in [1.807, 2.05) is 4.72 Å². The number of halogens is 3. The summed E-state index contributed by atoms with van der Waals surface area (Å²) in [5.41, 5.74) is -1.54. The molecule has 0 radical (unpaired) electrons. The number of rotatable bonds is 7. The molecule has 1 heterocycles. The molecule has 1 atom stereocenters. The molecule has 1 aromatic rings. The molecule has 0 amide bonds. The SMILES string of the molecule is CC(C)CC(CNS(=O)(=O)c1cn(C)nc1C(F)(F)F)C(=O)O. The Morgan fingerprint density at radius 1 is 1.43 bits per heavy atom. The Balaban J connectivity index is 3.03. The Bertz CT molecular complexity index is 668. The number of carboxylic acids is 1. The first-order valence-electron chi connectivity index (χ1n) is 6.68. The van der Waals surface area contributed by atoms with Crippen LogP contribution in [0.5, 0.6) is 0 Å². The largest absolute Gasteiger partial charge is 0.481 e. The molecule has 2 N–H and O–H groups in total. The lowest BCUT2D eigenvalue weighted by Gasteiger charge is -2.15. The smallest absolute Gasteiger partial charge is 0.436 e. The molecule has 0 spiro atoms. The van der Waals surface area contributed by atoms with Crippen molar-refractivity contribution in [2.24, 2.45) is 18.9 Å². The fraction of sp³-hybridized carbons (Fsp3) is 0.667. The Morgan fingerprint density at radius 2 is 2.00 bits per heavy atom. The highest BCUT2D eigenvalue weighted by Gasteiger charge is 2.41. The van der Waals surface area contributed by atoms with Crippen LogP contribution in [0, 0.1) is 11.8 Å². The first-order chi connectivity index (χ1) is 10.3. The van der Waals surface area contributed by atoms with E-state index in [9.17, 15) is 26.4 Å². The molecule has 7 nitrogen and oxygen atoms in total. The number of nitrogens with zero attached hydrogens (tertiary/aromatic N) is 2. The highest BCUT2D eigenvalue weighted by molar-refractivity contribution is 7.89. The van der Waals surface area contributed by atoms with Gasteiger partial charge in [-0.3, -0.25) is 9.48 Å². The molecular weight excluding hydrogens is 339 g/mol. The normalized spacial score (nSPS) is 14.2. The van der Waals surface area contributed by atoms with Crippen LogP contribution in [0.1, 0.15) is 26.0 Å². The maximum absolute atomic E-state index is 12.8. The second kappa shape index (κ2) is 6.87. The van der Waals surface area contributed by atoms with E-state index in [1.54, 1.807) is 13.8 Å². The standard InChI is InChI=1S/C12H18F3N3O4S/c1-7(2)4-8(11(19)20)5-16-23(21,22)9-6-18(3)17-10(9)12(13,14)15/h6-8,16H,4-5H2,1-3H3,(H,19,20). The lowest BCUT2D eigenvalue weighted by atomic mass is 9.98. The fourth-order valence-electron chi connectivity index (χ4n) is 1.99. The highest BCUT2D eigenvalue weighted by Crippen LogP contribution is 2.32. The fourth-order valence-corrected chi connectivity index (χ4v) is 3.27. The summed E-state index contributed by atoms with van der Waals surface area (Å²) in [5, 5.41) is 12.2. The van der Waals surface area contributed by atoms with Gasteiger partial charge in [0, 0.05) is 19.8 Å². The Morgan fingerprint density at radius 3 is 2.43 bits per heavy atom. The van der Waals surface area contributed by atoms with Crippen molar-refractivity contribution in [1.29, 1.82) is 0 Å². The topological polar surface area (TPSA) is 101 Å². The summed E-state index contributed by atoms with van der Waals surface area (Å²) in [6, 6.07) is 0. The minimum Gasteiger partial charge on any atom is -0.481 e. The van der Waals surface area contributed by atoms with Crippen LogP contribution >= 0.6 is 0 Å². The van der Waals surface area contributed by atoms with Gasteiger partial charge in [-0.1, -0.05) is 13.8 Å². The minimum atomic E-state index is -4.94. The molecule has 1 unspecified atom stereocenters. The summed E-state index contributed by atoms with van der Waals surface area (Å²) in [6.07, 6.45) is -4.02. The number of aromatic nitrogens is 2. The zero-order valence-electron chi connectivity index (χ0n) is 12.8. The molecule has 0 bridgehead atoms. The highest BCUT2D eigenvalue weighted by atomic mass is 32.2. The second-order valence-electron chi connectivity index (χ2n) is 5.53. The van der Waals surface area contributed by atoms with Crippen LogP contribution in [-0.4, -0.2) is 35.8 Å². The molecule has 0 aliphatic carbocycles. The van der Waals surface area contributed by atoms with E-state index in [2.05, 4.69) is 5.10 Å². The quantitative estimate of drug-likeness (QED) is 0.769. The Kier molecular flexibility index (Phi) is 5.80. The molecule has 0 fully saturated rings. The van der Waals surface area contributed by atoms with Gasteiger partial charge in [0.15, 0.2) is 5.69 Å². The van der Waals surface area contributed by atoms with E-state index < -0.39 is 45.2 Å². The van der Waals surface area contributed by atoms with Gasteiger partial charge in [-0.2, -0.15) is 18.3 Å². The number of alkyl halides is 3. The van der Waals surface area contributed by atoms with Crippen LogP contribution in [0.4, 0.5) is 13.2 Å². The molecule has 23 heavy (non-hydrogen) atoms.